The maximum atomic E-state index is 13.5. The molecule has 0 spiro atoms. The van der Waals surface area contributed by atoms with E-state index in [9.17, 15) is 19.5 Å². The Morgan fingerprint density at radius 3 is 2.42 bits per heavy atom. The van der Waals surface area contributed by atoms with E-state index < -0.39 is 23.7 Å². The number of aliphatic hydroxyl groups is 1. The van der Waals surface area contributed by atoms with Crippen molar-refractivity contribution in [1.29, 1.82) is 0 Å². The number of fused-ring (bicyclic) bond motifs is 1. The summed E-state index contributed by atoms with van der Waals surface area (Å²) in [5.41, 5.74) is 3.38. The number of aryl methyl sites for hydroxylation is 1. The Balaban J connectivity index is 1.65. The first kappa shape index (κ1) is 25.1. The first-order valence-corrected chi connectivity index (χ1v) is 12.4. The summed E-state index contributed by atoms with van der Waals surface area (Å²) in [4.78, 5) is 41.7. The second-order valence-corrected chi connectivity index (χ2v) is 9.30. The molecule has 2 heterocycles. The van der Waals surface area contributed by atoms with Gasteiger partial charge in [-0.15, -0.1) is 0 Å². The van der Waals surface area contributed by atoms with Crippen molar-refractivity contribution in [3.8, 4) is 11.5 Å². The number of likely N-dealkylation sites (N-methyl/N-ethyl adjacent to an activating group) is 1. The van der Waals surface area contributed by atoms with Gasteiger partial charge < -0.3 is 19.5 Å². The van der Waals surface area contributed by atoms with Crippen LogP contribution in [0.25, 0.3) is 5.76 Å². The molecule has 0 bridgehead atoms. The van der Waals surface area contributed by atoms with Crippen LogP contribution in [0.5, 0.6) is 11.5 Å². The van der Waals surface area contributed by atoms with Crippen molar-refractivity contribution >= 4 is 34.8 Å². The number of carbonyl (C=O) groups is 3. The van der Waals surface area contributed by atoms with Crippen LogP contribution in [-0.2, 0) is 20.8 Å². The predicted molar refractivity (Wildman–Crippen MR) is 144 cm³/mol. The Bertz CT molecular complexity index is 1440. The highest BCUT2D eigenvalue weighted by molar-refractivity contribution is 6.51. The Hall–Kier alpha value is -4.59. The van der Waals surface area contributed by atoms with Crippen molar-refractivity contribution in [2.45, 2.75) is 26.3 Å². The molecule has 1 N–H and O–H groups in total. The fourth-order valence-corrected chi connectivity index (χ4v) is 4.84. The van der Waals surface area contributed by atoms with Gasteiger partial charge in [0.2, 0.25) is 0 Å². The van der Waals surface area contributed by atoms with Gasteiger partial charge in [-0.3, -0.25) is 19.3 Å². The van der Waals surface area contributed by atoms with Gasteiger partial charge in [-0.1, -0.05) is 31.2 Å². The quantitative estimate of drug-likeness (QED) is 0.175. The average molecular weight is 513 g/mol. The van der Waals surface area contributed by atoms with Crippen LogP contribution in [0.4, 0.5) is 11.4 Å². The zero-order valence-electron chi connectivity index (χ0n) is 21.4. The van der Waals surface area contributed by atoms with Gasteiger partial charge in [0.05, 0.1) is 23.8 Å². The summed E-state index contributed by atoms with van der Waals surface area (Å²) in [6.07, 6.45) is 0.830. The summed E-state index contributed by atoms with van der Waals surface area (Å²) in [5, 5.41) is 11.5. The van der Waals surface area contributed by atoms with Crippen LogP contribution >= 0.6 is 0 Å². The van der Waals surface area contributed by atoms with E-state index in [0.717, 1.165) is 17.7 Å². The molecule has 3 aromatic rings. The molecule has 3 aromatic carbocycles. The molecule has 0 aromatic heterocycles. The molecule has 0 aliphatic carbocycles. The fraction of sp³-hybridized carbons (Fsp3) is 0.233. The number of esters is 1. The van der Waals surface area contributed by atoms with Crippen molar-refractivity contribution in [3.05, 3.63) is 89.0 Å². The fourth-order valence-electron chi connectivity index (χ4n) is 4.84. The minimum absolute atomic E-state index is 0.0193. The number of carbonyl (C=O) groups excluding carboxylic acids is 3. The highest BCUT2D eigenvalue weighted by Gasteiger charge is 2.47. The Labute approximate surface area is 220 Å². The second-order valence-electron chi connectivity index (χ2n) is 9.30. The maximum absolute atomic E-state index is 13.5. The summed E-state index contributed by atoms with van der Waals surface area (Å²) in [5.74, 6) is -1.22. The summed E-state index contributed by atoms with van der Waals surface area (Å²) < 4.78 is 10.9. The normalized spacial score (nSPS) is 18.2. The molecule has 0 radical (unpaired) electrons. The van der Waals surface area contributed by atoms with Crippen LogP contribution in [-0.4, -0.2) is 43.0 Å². The number of anilines is 2. The van der Waals surface area contributed by atoms with Gasteiger partial charge in [-0.25, -0.2) is 0 Å². The molecule has 1 saturated heterocycles. The zero-order chi connectivity index (χ0) is 27.0. The Morgan fingerprint density at radius 2 is 1.76 bits per heavy atom. The van der Waals surface area contributed by atoms with Gasteiger partial charge in [0, 0.05) is 25.2 Å². The third kappa shape index (κ3) is 4.49. The van der Waals surface area contributed by atoms with Gasteiger partial charge in [0.25, 0.3) is 11.7 Å². The minimum Gasteiger partial charge on any atom is -0.507 e. The monoisotopic (exact) mass is 512 g/mol. The van der Waals surface area contributed by atoms with Crippen molar-refractivity contribution in [2.75, 3.05) is 30.0 Å². The molecule has 38 heavy (non-hydrogen) atoms. The first-order chi connectivity index (χ1) is 18.3. The summed E-state index contributed by atoms with van der Waals surface area (Å²) >= 11 is 0. The molecule has 1 fully saturated rings. The number of rotatable bonds is 5. The lowest BCUT2D eigenvalue weighted by Gasteiger charge is -2.28. The third-order valence-corrected chi connectivity index (χ3v) is 6.85. The van der Waals surface area contributed by atoms with E-state index in [2.05, 4.69) is 0 Å². The van der Waals surface area contributed by atoms with Crippen LogP contribution < -0.4 is 19.3 Å². The predicted octanol–water partition coefficient (Wildman–Crippen LogP) is 4.63. The van der Waals surface area contributed by atoms with Crippen LogP contribution in [0.1, 0.15) is 36.6 Å². The van der Waals surface area contributed by atoms with E-state index in [1.54, 1.807) is 54.6 Å². The number of amides is 1. The van der Waals surface area contributed by atoms with Crippen molar-refractivity contribution < 1.29 is 29.0 Å². The highest BCUT2D eigenvalue weighted by atomic mass is 16.5. The zero-order valence-corrected chi connectivity index (χ0v) is 21.4. The first-order valence-electron chi connectivity index (χ1n) is 12.4. The number of hydrogen-bond acceptors (Lipinski definition) is 7. The lowest BCUT2D eigenvalue weighted by atomic mass is 9.94. The molecular formula is C30H28N2O6. The molecule has 1 unspecified atom stereocenters. The van der Waals surface area contributed by atoms with E-state index in [1.807, 2.05) is 31.0 Å². The molecule has 8 heteroatoms. The lowest BCUT2D eigenvalue weighted by Crippen LogP contribution is -2.29. The molecule has 0 saturated carbocycles. The molecule has 1 atom stereocenters. The number of Topliss-reactive ketones (excluding diaryl/α,β-unsaturated/α-hetero) is 1. The smallest absolute Gasteiger partial charge is 0.308 e. The van der Waals surface area contributed by atoms with Crippen molar-refractivity contribution in [3.63, 3.8) is 0 Å². The molecule has 2 aliphatic heterocycles. The van der Waals surface area contributed by atoms with Crippen molar-refractivity contribution in [1.82, 2.24) is 0 Å². The van der Waals surface area contributed by atoms with Crippen LogP contribution in [0.3, 0.4) is 0 Å². The molecule has 5 rings (SSSR count). The van der Waals surface area contributed by atoms with Gasteiger partial charge in [0.15, 0.2) is 0 Å². The molecule has 1 amide bonds. The minimum atomic E-state index is -0.890. The van der Waals surface area contributed by atoms with E-state index in [1.165, 1.54) is 11.8 Å². The number of nitrogens with zero attached hydrogens (tertiary/aromatic N) is 2. The number of benzene rings is 3. The van der Waals surface area contributed by atoms with Crippen LogP contribution in [0.15, 0.2) is 72.3 Å². The Morgan fingerprint density at radius 1 is 1.05 bits per heavy atom. The van der Waals surface area contributed by atoms with Crippen molar-refractivity contribution in [2.24, 2.45) is 0 Å². The van der Waals surface area contributed by atoms with E-state index >= 15 is 0 Å². The summed E-state index contributed by atoms with van der Waals surface area (Å²) in [6.45, 7) is 4.58. The number of ketones is 1. The van der Waals surface area contributed by atoms with Gasteiger partial charge in [0.1, 0.15) is 23.9 Å². The number of aliphatic hydroxyl groups excluding tert-OH is 1. The van der Waals surface area contributed by atoms with Gasteiger partial charge in [-0.2, -0.15) is 0 Å². The van der Waals surface area contributed by atoms with E-state index in [4.69, 9.17) is 9.47 Å². The van der Waals surface area contributed by atoms with E-state index in [0.29, 0.717) is 41.5 Å². The highest BCUT2D eigenvalue weighted by Crippen LogP contribution is 2.43. The third-order valence-electron chi connectivity index (χ3n) is 6.85. The largest absolute Gasteiger partial charge is 0.507 e. The van der Waals surface area contributed by atoms with Gasteiger partial charge >= 0.3 is 5.97 Å². The Kier molecular flexibility index (Phi) is 6.63. The van der Waals surface area contributed by atoms with Gasteiger partial charge in [-0.05, 0) is 60.0 Å². The lowest BCUT2D eigenvalue weighted by molar-refractivity contribution is -0.132. The number of ether oxygens (including phenoxy) is 2. The standard InChI is InChI=1S/C30H28N2O6/c1-4-19-5-10-22(11-6-19)32-27(20-7-12-23(13-8-20)38-18(2)33)26(29(35)30(32)36)28(34)21-9-14-25-24(17-21)31(3)15-16-37-25/h5-14,17,27,34H,4,15-16H2,1-3H3/b28-26-. The SMILES string of the molecule is CCc1ccc(N2C(=O)C(=O)/C(=C(\O)c3ccc4c(c3)N(C)CCO4)C2c2ccc(OC(C)=O)cc2)cc1. The molecule has 2 aliphatic rings. The maximum Gasteiger partial charge on any atom is 0.308 e. The number of hydrogen-bond donors (Lipinski definition) is 1. The van der Waals surface area contributed by atoms with Crippen LogP contribution in [0, 0.1) is 0 Å². The molecular weight excluding hydrogens is 484 g/mol. The average Bonchev–Trinajstić information content (AvgIpc) is 3.18. The van der Waals surface area contributed by atoms with Crippen LogP contribution in [0.2, 0.25) is 0 Å². The summed E-state index contributed by atoms with van der Waals surface area (Å²) in [7, 11) is 1.93. The second kappa shape index (κ2) is 10.0. The molecule has 8 nitrogen and oxygen atoms in total. The molecule has 194 valence electrons. The topological polar surface area (TPSA) is 96.4 Å². The summed E-state index contributed by atoms with van der Waals surface area (Å²) in [6, 6.07) is 18.3. The van der Waals surface area contributed by atoms with E-state index in [-0.39, 0.29) is 11.3 Å².